The molecule has 0 saturated carbocycles. The third-order valence-corrected chi connectivity index (χ3v) is 0. The van der Waals surface area contributed by atoms with Gasteiger partial charge in [0.25, 0.3) is 0 Å². The van der Waals surface area contributed by atoms with Crippen LogP contribution in [0.3, 0.4) is 0 Å². The van der Waals surface area contributed by atoms with Crippen LogP contribution in [0.15, 0.2) is 0 Å². The van der Waals surface area contributed by atoms with Crippen LogP contribution in [0.2, 0.25) is 0 Å². The minimum atomic E-state index is -2.92. The van der Waals surface area contributed by atoms with Gasteiger partial charge in [0.1, 0.15) is 0 Å². The molecule has 0 aliphatic heterocycles. The van der Waals surface area contributed by atoms with E-state index in [2.05, 4.69) is 0 Å². The molecule has 0 radical (unpaired) electrons. The van der Waals surface area contributed by atoms with Gasteiger partial charge in [0.2, 0.25) is 0 Å². The van der Waals surface area contributed by atoms with Crippen molar-refractivity contribution in [3.63, 3.8) is 0 Å². The van der Waals surface area contributed by atoms with Crippen LogP contribution in [0.25, 0.3) is 0 Å². The Morgan fingerprint density at radius 1 is 0.217 bits per heavy atom. The van der Waals surface area contributed by atoms with E-state index < -0.39 is 36.6 Å². The van der Waals surface area contributed by atoms with Crippen molar-refractivity contribution in [2.75, 3.05) is 0 Å². The molecule has 0 atom stereocenters. The Kier molecular flexibility index (Phi) is 94.4. The summed E-state index contributed by atoms with van der Waals surface area (Å²) >= 11 is 0. The largest absolute Gasteiger partial charge is 5.00 e. The molecule has 0 saturated heterocycles. The van der Waals surface area contributed by atoms with Crippen LogP contribution < -0.4 is 75.4 Å². The summed E-state index contributed by atoms with van der Waals surface area (Å²) in [5.74, 6) is 0. The molecule has 0 bridgehead atoms. The molecule has 0 fully saturated rings. The molecule has 120 valence electrons. The van der Waals surface area contributed by atoms with Gasteiger partial charge in [-0.3, -0.25) is 36.6 Å². The molecule has 0 unspecified atom stereocenters. The first-order valence-electron chi connectivity index (χ1n) is 3.54. The van der Waals surface area contributed by atoms with Gasteiger partial charge >= 0.3 is 55.7 Å². The smallest absolute Gasteiger partial charge is 0.907 e. The third-order valence-electron chi connectivity index (χ3n) is 0. The molecule has 0 aliphatic rings. The minimum Gasteiger partial charge on any atom is -0.907 e. The van der Waals surface area contributed by atoms with E-state index in [1.54, 1.807) is 0 Å². The predicted molar refractivity (Wildman–Crippen MR) is 28.8 cm³/mol. The van der Waals surface area contributed by atoms with E-state index in [4.69, 9.17) is 75.4 Å². The second-order valence-electron chi connectivity index (χ2n) is 1.44. The van der Waals surface area contributed by atoms with Crippen molar-refractivity contribution < 1.29 is 131 Å². The van der Waals surface area contributed by atoms with Gasteiger partial charge in [-0.2, -0.15) is 0 Å². The van der Waals surface area contributed by atoms with Crippen LogP contribution in [0, 0.1) is 0 Å². The Balaban J connectivity index is -0.0000000197. The molecule has 0 spiro atoms. The third kappa shape index (κ3) is 4960. The summed E-state index contributed by atoms with van der Waals surface area (Å²) in [4.78, 5) is 0. The van der Waals surface area contributed by atoms with Crippen molar-refractivity contribution in [1.82, 2.24) is 0 Å². The van der Waals surface area contributed by atoms with Crippen LogP contribution >= 0.6 is 0 Å². The van der Waals surface area contributed by atoms with Crippen molar-refractivity contribution in [1.29, 1.82) is 0 Å². The van der Waals surface area contributed by atoms with Crippen molar-refractivity contribution in [3.05, 3.63) is 0 Å². The zero-order valence-corrected chi connectivity index (χ0v) is 14.5. The van der Waals surface area contributed by atoms with E-state index in [1.807, 2.05) is 0 Å². The molecule has 23 heavy (non-hydrogen) atoms. The summed E-state index contributed by atoms with van der Waals surface area (Å²) in [6, 6.07) is 0. The predicted octanol–water partition coefficient (Wildman–Crippen LogP) is -19.7. The fourth-order valence-electron chi connectivity index (χ4n) is 0. The molecule has 0 N–H and O–H groups in total. The first kappa shape index (κ1) is 49.7. The Morgan fingerprint density at radius 3 is 0.217 bits per heavy atom. The van der Waals surface area contributed by atoms with E-state index in [9.17, 15) is 0 Å². The summed E-state index contributed by atoms with van der Waals surface area (Å²) < 4.78 is 0. The molecule has 0 heterocycles. The quantitative estimate of drug-likeness (QED) is 0.311. The summed E-state index contributed by atoms with van der Waals surface area (Å²) in [6.45, 7) is 0. The maximum absolute atomic E-state index is 8.42. The fourth-order valence-corrected chi connectivity index (χ4v) is 0. The summed E-state index contributed by atoms with van der Waals surface area (Å²) in [6.07, 6.45) is 0. The van der Waals surface area contributed by atoms with Gasteiger partial charge in [-0.15, -0.1) is 0 Å². The number of hydrogen-bond acceptors (Lipinski definition) is 15. The maximum Gasteiger partial charge on any atom is 5.00 e. The van der Waals surface area contributed by atoms with Gasteiger partial charge in [0, 0.05) is 0 Å². The molecular weight excluding hydrogens is 447 g/mol. The van der Waals surface area contributed by atoms with Crippen molar-refractivity contribution in [2.45, 2.75) is 0 Å². The van der Waals surface area contributed by atoms with Gasteiger partial charge in [0.05, 0.1) is 0 Å². The molecule has 0 aromatic heterocycles. The Hall–Kier alpha value is 1.48. The molecule has 0 aliphatic carbocycles. The summed E-state index contributed by atoms with van der Waals surface area (Å²) in [7, 11) is -14.6. The second kappa shape index (κ2) is 43.7. The Bertz CT molecular complexity index is 87.7. The first-order chi connectivity index (χ1) is 8.66. The van der Waals surface area contributed by atoms with Crippen molar-refractivity contribution >= 4 is 36.6 Å². The monoisotopic (exact) mass is 448 g/mol. The van der Waals surface area contributed by atoms with E-state index in [-0.39, 0.29) is 55.7 Å². The molecule has 0 rings (SSSR count). The zero-order valence-electron chi connectivity index (χ0n) is 10.4. The van der Waals surface area contributed by atoms with Crippen molar-refractivity contribution in [2.24, 2.45) is 0 Å². The van der Waals surface area contributed by atoms with Gasteiger partial charge in [-0.1, -0.05) is 0 Å². The van der Waals surface area contributed by atoms with Crippen LogP contribution in [-0.2, 0) is 55.7 Å². The molecule has 15 nitrogen and oxygen atoms in total. The van der Waals surface area contributed by atoms with Crippen molar-refractivity contribution in [3.8, 4) is 0 Å². The standard InChI is InChI=1S/5BO3.3V/c5*2-1(3)4;;;/q5*-3;3*+5. The van der Waals surface area contributed by atoms with Gasteiger partial charge in [-0.05, 0) is 0 Å². The number of rotatable bonds is 0. The van der Waals surface area contributed by atoms with Crippen LogP contribution in [-0.4, -0.2) is 36.6 Å². The minimum absolute atomic E-state index is 0. The maximum atomic E-state index is 8.42. The SMILES string of the molecule is [O-]B([O-])[O-].[O-]B([O-])[O-].[O-]B([O-])[O-].[O-]B([O-])[O-].[O-]B([O-])[O-].[V+5].[V+5].[V+5]. The summed E-state index contributed by atoms with van der Waals surface area (Å²) in [5, 5.41) is 126. The fraction of sp³-hybridized carbons (Fsp3) is 0. The molecule has 0 aromatic carbocycles. The van der Waals surface area contributed by atoms with Crippen LogP contribution in [0.5, 0.6) is 0 Å². The average Bonchev–Trinajstić information content (AvgIpc) is 1.94. The van der Waals surface area contributed by atoms with Gasteiger partial charge < -0.3 is 75.4 Å². The molecule has 23 heteroatoms. The summed E-state index contributed by atoms with van der Waals surface area (Å²) in [5.41, 5.74) is 0. The first-order valence-corrected chi connectivity index (χ1v) is 3.54. The molecule has 0 aromatic rings. The molecular formula is B5O15V3. The van der Waals surface area contributed by atoms with Gasteiger partial charge in [0.15, 0.2) is 0 Å². The van der Waals surface area contributed by atoms with Crippen LogP contribution in [0.1, 0.15) is 0 Å². The second-order valence-corrected chi connectivity index (χ2v) is 1.44. The molecule has 0 amide bonds. The zero-order chi connectivity index (χ0) is 17.9. The van der Waals surface area contributed by atoms with Crippen LogP contribution in [0.4, 0.5) is 0 Å². The topological polar surface area (TPSA) is 346 Å². The average molecular weight is 447 g/mol. The normalized spacial score (nSPS) is 5.87. The Labute approximate surface area is 167 Å². The van der Waals surface area contributed by atoms with E-state index in [0.717, 1.165) is 0 Å². The van der Waals surface area contributed by atoms with E-state index in [0.29, 0.717) is 0 Å². The Morgan fingerprint density at radius 2 is 0.217 bits per heavy atom. The van der Waals surface area contributed by atoms with Gasteiger partial charge in [-0.25, -0.2) is 0 Å². The van der Waals surface area contributed by atoms with E-state index >= 15 is 0 Å². The van der Waals surface area contributed by atoms with E-state index in [1.165, 1.54) is 0 Å². The number of hydrogen-bond donors (Lipinski definition) is 0.